The summed E-state index contributed by atoms with van der Waals surface area (Å²) < 4.78 is 0. The third-order valence-corrected chi connectivity index (χ3v) is 3.80. The summed E-state index contributed by atoms with van der Waals surface area (Å²) in [7, 11) is 0. The minimum atomic E-state index is 0.172. The van der Waals surface area contributed by atoms with Crippen molar-refractivity contribution in [3.05, 3.63) is 0 Å². The number of aliphatic hydroxyl groups is 1. The summed E-state index contributed by atoms with van der Waals surface area (Å²) in [5.74, 6) is 0. The van der Waals surface area contributed by atoms with Crippen molar-refractivity contribution in [1.29, 1.82) is 0 Å². The molecular weight excluding hydrogens is 200 g/mol. The van der Waals surface area contributed by atoms with Crippen molar-refractivity contribution in [3.8, 4) is 0 Å². The van der Waals surface area contributed by atoms with Crippen LogP contribution >= 0.6 is 0 Å². The van der Waals surface area contributed by atoms with Gasteiger partial charge in [-0.1, -0.05) is 25.7 Å². The number of nitrogens with two attached hydrogens (primary N) is 1. The van der Waals surface area contributed by atoms with E-state index in [-0.39, 0.29) is 5.54 Å². The molecule has 4 N–H and O–H groups in total. The molecule has 1 saturated carbocycles. The molecule has 16 heavy (non-hydrogen) atoms. The average molecular weight is 228 g/mol. The molecule has 96 valence electrons. The molecule has 0 bridgehead atoms. The molecule has 1 fully saturated rings. The first-order chi connectivity index (χ1) is 7.72. The van der Waals surface area contributed by atoms with Gasteiger partial charge in [0.05, 0.1) is 0 Å². The first kappa shape index (κ1) is 13.9. The van der Waals surface area contributed by atoms with E-state index < -0.39 is 0 Å². The Morgan fingerprint density at radius 2 is 1.88 bits per heavy atom. The van der Waals surface area contributed by atoms with Crippen LogP contribution in [0, 0.1) is 0 Å². The zero-order valence-corrected chi connectivity index (χ0v) is 10.7. The summed E-state index contributed by atoms with van der Waals surface area (Å²) in [5.41, 5.74) is 6.14. The third kappa shape index (κ3) is 4.40. The van der Waals surface area contributed by atoms with E-state index in [0.717, 1.165) is 19.4 Å². The van der Waals surface area contributed by atoms with Gasteiger partial charge in [0.25, 0.3) is 0 Å². The Balaban J connectivity index is 2.43. The number of rotatable bonds is 6. The Morgan fingerprint density at radius 3 is 2.38 bits per heavy atom. The number of hydrogen-bond acceptors (Lipinski definition) is 3. The second-order valence-corrected chi connectivity index (χ2v) is 5.31. The van der Waals surface area contributed by atoms with Crippen molar-refractivity contribution in [2.45, 2.75) is 69.9 Å². The Bertz CT molecular complexity index is 177. The van der Waals surface area contributed by atoms with Gasteiger partial charge in [-0.25, -0.2) is 0 Å². The highest BCUT2D eigenvalue weighted by Crippen LogP contribution is 2.27. The molecular formula is C13H28N2O. The van der Waals surface area contributed by atoms with Crippen molar-refractivity contribution in [2.75, 3.05) is 13.2 Å². The van der Waals surface area contributed by atoms with Crippen LogP contribution in [0.25, 0.3) is 0 Å². The topological polar surface area (TPSA) is 58.3 Å². The molecule has 0 spiro atoms. The average Bonchev–Trinajstić information content (AvgIpc) is 2.52. The molecule has 0 heterocycles. The molecule has 3 heteroatoms. The van der Waals surface area contributed by atoms with Gasteiger partial charge in [-0.2, -0.15) is 0 Å². The van der Waals surface area contributed by atoms with Crippen LogP contribution in [0.4, 0.5) is 0 Å². The molecule has 3 nitrogen and oxygen atoms in total. The molecule has 1 aliphatic carbocycles. The van der Waals surface area contributed by atoms with Gasteiger partial charge in [0.1, 0.15) is 0 Å². The highest BCUT2D eigenvalue weighted by molar-refractivity contribution is 4.92. The summed E-state index contributed by atoms with van der Waals surface area (Å²) in [5, 5.41) is 12.6. The van der Waals surface area contributed by atoms with Gasteiger partial charge in [0, 0.05) is 24.7 Å². The maximum absolute atomic E-state index is 8.83. The molecule has 1 unspecified atom stereocenters. The fourth-order valence-corrected chi connectivity index (χ4v) is 2.81. The second-order valence-electron chi connectivity index (χ2n) is 5.31. The van der Waals surface area contributed by atoms with Gasteiger partial charge in [0.2, 0.25) is 0 Å². The van der Waals surface area contributed by atoms with Crippen LogP contribution in [0.1, 0.15) is 58.3 Å². The summed E-state index contributed by atoms with van der Waals surface area (Å²) in [4.78, 5) is 0. The van der Waals surface area contributed by atoms with Gasteiger partial charge in [-0.3, -0.25) is 0 Å². The maximum atomic E-state index is 8.83. The predicted molar refractivity (Wildman–Crippen MR) is 68.4 cm³/mol. The van der Waals surface area contributed by atoms with Crippen LogP contribution in [0.3, 0.4) is 0 Å². The fraction of sp³-hybridized carbons (Fsp3) is 1.00. The molecule has 0 aromatic rings. The van der Waals surface area contributed by atoms with E-state index in [2.05, 4.69) is 12.2 Å². The highest BCUT2D eigenvalue weighted by atomic mass is 16.2. The highest BCUT2D eigenvalue weighted by Gasteiger charge is 2.30. The molecule has 0 radical (unpaired) electrons. The van der Waals surface area contributed by atoms with Crippen LogP contribution in [0.5, 0.6) is 0 Å². The van der Waals surface area contributed by atoms with Crippen LogP contribution in [-0.4, -0.2) is 29.8 Å². The number of nitrogens with one attached hydrogen (secondary N) is 1. The maximum Gasteiger partial charge on any atom is 0.0431 e. The molecule has 1 rings (SSSR count). The summed E-state index contributed by atoms with van der Waals surface area (Å²) in [6.07, 6.45) is 9.67. The SMILES string of the molecule is CC(CCCO)NC1(CN)CCCCCC1. The van der Waals surface area contributed by atoms with Crippen LogP contribution in [0.2, 0.25) is 0 Å². The number of hydrogen-bond donors (Lipinski definition) is 3. The zero-order valence-electron chi connectivity index (χ0n) is 10.7. The first-order valence-corrected chi connectivity index (χ1v) is 6.81. The van der Waals surface area contributed by atoms with Crippen molar-refractivity contribution in [3.63, 3.8) is 0 Å². The van der Waals surface area contributed by atoms with Gasteiger partial charge in [0.15, 0.2) is 0 Å². The Hall–Kier alpha value is -0.120. The first-order valence-electron chi connectivity index (χ1n) is 6.81. The van der Waals surface area contributed by atoms with E-state index in [1.807, 2.05) is 0 Å². The van der Waals surface area contributed by atoms with E-state index in [1.54, 1.807) is 0 Å². The minimum Gasteiger partial charge on any atom is -0.396 e. The van der Waals surface area contributed by atoms with Crippen molar-refractivity contribution >= 4 is 0 Å². The third-order valence-electron chi connectivity index (χ3n) is 3.80. The molecule has 0 saturated heterocycles. The largest absolute Gasteiger partial charge is 0.396 e. The minimum absolute atomic E-state index is 0.172. The molecule has 0 aliphatic heterocycles. The fourth-order valence-electron chi connectivity index (χ4n) is 2.81. The van der Waals surface area contributed by atoms with Gasteiger partial charge in [-0.15, -0.1) is 0 Å². The lowest BCUT2D eigenvalue weighted by atomic mass is 9.89. The van der Waals surface area contributed by atoms with Crippen molar-refractivity contribution in [1.82, 2.24) is 5.32 Å². The normalized spacial score (nSPS) is 22.7. The van der Waals surface area contributed by atoms with Crippen molar-refractivity contribution < 1.29 is 5.11 Å². The molecule has 0 aromatic heterocycles. The van der Waals surface area contributed by atoms with Crippen LogP contribution < -0.4 is 11.1 Å². The summed E-state index contributed by atoms with van der Waals surface area (Å²) in [6, 6.07) is 0.466. The standard InChI is InChI=1S/C13H28N2O/c1-12(7-6-10-16)15-13(11-14)8-4-2-3-5-9-13/h12,15-16H,2-11,14H2,1H3. The quantitative estimate of drug-likeness (QED) is 0.607. The smallest absolute Gasteiger partial charge is 0.0431 e. The lowest BCUT2D eigenvalue weighted by Crippen LogP contribution is -2.54. The molecule has 1 aliphatic rings. The number of aliphatic hydroxyl groups excluding tert-OH is 1. The molecule has 0 amide bonds. The summed E-state index contributed by atoms with van der Waals surface area (Å²) in [6.45, 7) is 3.25. The second kappa shape index (κ2) is 7.25. The molecule has 0 aromatic carbocycles. The lowest BCUT2D eigenvalue weighted by molar-refractivity contribution is 0.237. The van der Waals surface area contributed by atoms with Crippen LogP contribution in [-0.2, 0) is 0 Å². The van der Waals surface area contributed by atoms with E-state index in [4.69, 9.17) is 10.8 Å². The van der Waals surface area contributed by atoms with Crippen molar-refractivity contribution in [2.24, 2.45) is 5.73 Å². The predicted octanol–water partition coefficient (Wildman–Crippen LogP) is 1.79. The van der Waals surface area contributed by atoms with Gasteiger partial charge in [-0.05, 0) is 32.6 Å². The zero-order chi connectivity index (χ0) is 11.9. The Kier molecular flexibility index (Phi) is 6.32. The van der Waals surface area contributed by atoms with E-state index >= 15 is 0 Å². The van der Waals surface area contributed by atoms with Crippen LogP contribution in [0.15, 0.2) is 0 Å². The van der Waals surface area contributed by atoms with E-state index in [1.165, 1.54) is 38.5 Å². The Morgan fingerprint density at radius 1 is 1.25 bits per heavy atom. The molecule has 1 atom stereocenters. The van der Waals surface area contributed by atoms with E-state index in [9.17, 15) is 0 Å². The summed E-state index contributed by atoms with van der Waals surface area (Å²) >= 11 is 0. The van der Waals surface area contributed by atoms with Gasteiger partial charge < -0.3 is 16.2 Å². The monoisotopic (exact) mass is 228 g/mol. The lowest BCUT2D eigenvalue weighted by Gasteiger charge is -2.36. The Labute approximate surface area is 99.8 Å². The van der Waals surface area contributed by atoms with E-state index in [0.29, 0.717) is 12.6 Å². The van der Waals surface area contributed by atoms with Gasteiger partial charge >= 0.3 is 0 Å².